The summed E-state index contributed by atoms with van der Waals surface area (Å²) in [5, 5.41) is 2.37. The first-order valence-electron chi connectivity index (χ1n) is 4.47. The van der Waals surface area contributed by atoms with Gasteiger partial charge in [0.15, 0.2) is 0 Å². The van der Waals surface area contributed by atoms with Crippen LogP contribution in [0.25, 0.3) is 10.8 Å². The van der Waals surface area contributed by atoms with Crippen LogP contribution in [0, 0.1) is 0 Å². The van der Waals surface area contributed by atoms with Crippen molar-refractivity contribution in [1.82, 2.24) is 0 Å². The first-order chi connectivity index (χ1) is 6.85. The average Bonchev–Trinajstić information content (AvgIpc) is 2.27. The van der Waals surface area contributed by atoms with Gasteiger partial charge in [0.2, 0.25) is 0 Å². The summed E-state index contributed by atoms with van der Waals surface area (Å²) < 4.78 is 5.21. The highest BCUT2D eigenvalue weighted by Crippen LogP contribution is 2.26. The molecule has 2 rings (SSSR count). The zero-order chi connectivity index (χ0) is 9.97. The van der Waals surface area contributed by atoms with E-state index >= 15 is 0 Å². The van der Waals surface area contributed by atoms with E-state index in [-0.39, 0.29) is 0 Å². The van der Waals surface area contributed by atoms with Gasteiger partial charge in [-0.25, -0.2) is 0 Å². The quantitative estimate of drug-likeness (QED) is 0.683. The molecule has 0 radical (unpaired) electrons. The van der Waals surface area contributed by atoms with Crippen LogP contribution in [-0.2, 0) is 5.88 Å². The average molecular weight is 207 g/mol. The van der Waals surface area contributed by atoms with Crippen molar-refractivity contribution < 1.29 is 4.74 Å². The van der Waals surface area contributed by atoms with Crippen LogP contribution >= 0.6 is 11.6 Å². The van der Waals surface area contributed by atoms with Gasteiger partial charge in [-0.2, -0.15) is 0 Å². The van der Waals surface area contributed by atoms with Gasteiger partial charge in [0, 0.05) is 5.88 Å². The Hall–Kier alpha value is -1.21. The van der Waals surface area contributed by atoms with Crippen molar-refractivity contribution in [3.05, 3.63) is 42.0 Å². The molecular weight excluding hydrogens is 196 g/mol. The second-order valence-corrected chi connectivity index (χ2v) is 3.41. The number of methoxy groups -OCH3 is 1. The molecule has 0 aliphatic rings. The lowest BCUT2D eigenvalue weighted by molar-refractivity contribution is 0.415. The van der Waals surface area contributed by atoms with Gasteiger partial charge in [-0.3, -0.25) is 0 Å². The smallest absolute Gasteiger partial charge is 0.119 e. The molecule has 0 unspecified atom stereocenters. The number of fused-ring (bicyclic) bond motifs is 1. The Kier molecular flexibility index (Phi) is 2.60. The fourth-order valence-electron chi connectivity index (χ4n) is 1.59. The van der Waals surface area contributed by atoms with E-state index in [9.17, 15) is 0 Å². The van der Waals surface area contributed by atoms with Gasteiger partial charge in [-0.15, -0.1) is 11.6 Å². The Balaban J connectivity index is 2.73. The molecule has 0 heterocycles. The van der Waals surface area contributed by atoms with E-state index in [0.29, 0.717) is 5.88 Å². The second-order valence-electron chi connectivity index (χ2n) is 3.14. The molecule has 0 saturated heterocycles. The van der Waals surface area contributed by atoms with E-state index < -0.39 is 0 Å². The van der Waals surface area contributed by atoms with Crippen molar-refractivity contribution in [3.8, 4) is 5.75 Å². The van der Waals surface area contributed by atoms with Crippen LogP contribution in [0.5, 0.6) is 5.75 Å². The van der Waals surface area contributed by atoms with Crippen molar-refractivity contribution in [2.45, 2.75) is 5.88 Å². The maximum absolute atomic E-state index is 5.88. The van der Waals surface area contributed by atoms with Gasteiger partial charge >= 0.3 is 0 Å². The number of hydrogen-bond acceptors (Lipinski definition) is 1. The van der Waals surface area contributed by atoms with Crippen molar-refractivity contribution in [1.29, 1.82) is 0 Å². The Morgan fingerprint density at radius 1 is 1.21 bits per heavy atom. The topological polar surface area (TPSA) is 9.23 Å². The molecule has 0 aromatic heterocycles. The van der Waals surface area contributed by atoms with Crippen LogP contribution < -0.4 is 4.74 Å². The molecule has 0 bridgehead atoms. The number of benzene rings is 2. The zero-order valence-corrected chi connectivity index (χ0v) is 8.71. The van der Waals surface area contributed by atoms with E-state index in [1.807, 2.05) is 24.3 Å². The first kappa shape index (κ1) is 9.35. The predicted octanol–water partition coefficient (Wildman–Crippen LogP) is 3.59. The van der Waals surface area contributed by atoms with Crippen molar-refractivity contribution >= 4 is 22.4 Å². The van der Waals surface area contributed by atoms with Crippen LogP contribution in [0.1, 0.15) is 5.56 Å². The Bertz CT molecular complexity index is 451. The molecule has 0 saturated carbocycles. The zero-order valence-electron chi connectivity index (χ0n) is 7.96. The molecule has 0 amide bonds. The third kappa shape index (κ3) is 1.55. The molecule has 72 valence electrons. The van der Waals surface area contributed by atoms with Crippen molar-refractivity contribution in [3.63, 3.8) is 0 Å². The van der Waals surface area contributed by atoms with Crippen LogP contribution in [0.2, 0.25) is 0 Å². The van der Waals surface area contributed by atoms with E-state index in [1.54, 1.807) is 7.11 Å². The molecular formula is C12H11ClO. The van der Waals surface area contributed by atoms with Crippen molar-refractivity contribution in [2.24, 2.45) is 0 Å². The SMILES string of the molecule is COc1cc(CCl)c2ccccc2c1. The van der Waals surface area contributed by atoms with Gasteiger partial charge in [-0.05, 0) is 28.5 Å². The highest BCUT2D eigenvalue weighted by molar-refractivity contribution is 6.18. The number of ether oxygens (including phenoxy) is 1. The molecule has 0 aliphatic heterocycles. The van der Waals surface area contributed by atoms with Crippen LogP contribution in [0.15, 0.2) is 36.4 Å². The molecule has 1 nitrogen and oxygen atoms in total. The van der Waals surface area contributed by atoms with Gasteiger partial charge < -0.3 is 4.74 Å². The third-order valence-corrected chi connectivity index (χ3v) is 2.59. The Morgan fingerprint density at radius 3 is 2.71 bits per heavy atom. The normalized spacial score (nSPS) is 10.4. The molecule has 2 heteroatoms. The minimum Gasteiger partial charge on any atom is -0.497 e. The number of alkyl halides is 1. The molecule has 2 aromatic carbocycles. The Morgan fingerprint density at radius 2 is 2.00 bits per heavy atom. The number of halogens is 1. The minimum atomic E-state index is 0.512. The molecule has 0 aliphatic carbocycles. The summed E-state index contributed by atoms with van der Waals surface area (Å²) in [6, 6.07) is 12.2. The maximum atomic E-state index is 5.88. The largest absolute Gasteiger partial charge is 0.497 e. The van der Waals surface area contributed by atoms with Gasteiger partial charge in [-0.1, -0.05) is 24.3 Å². The van der Waals surface area contributed by atoms with Crippen LogP contribution in [0.3, 0.4) is 0 Å². The summed E-state index contributed by atoms with van der Waals surface area (Å²) in [7, 11) is 1.67. The lowest BCUT2D eigenvalue weighted by atomic mass is 10.1. The molecule has 14 heavy (non-hydrogen) atoms. The fraction of sp³-hybridized carbons (Fsp3) is 0.167. The molecule has 0 atom stereocenters. The third-order valence-electron chi connectivity index (χ3n) is 2.30. The van der Waals surface area contributed by atoms with E-state index in [2.05, 4.69) is 12.1 Å². The lowest BCUT2D eigenvalue weighted by Gasteiger charge is -2.06. The Labute approximate surface area is 88.3 Å². The van der Waals surface area contributed by atoms with E-state index in [0.717, 1.165) is 11.3 Å². The number of rotatable bonds is 2. The standard InChI is InChI=1S/C12H11ClO/c1-14-11-6-9-4-2-3-5-12(9)10(7-11)8-13/h2-7H,8H2,1H3. The van der Waals surface area contributed by atoms with Crippen molar-refractivity contribution in [2.75, 3.05) is 7.11 Å². The van der Waals surface area contributed by atoms with Crippen LogP contribution in [0.4, 0.5) is 0 Å². The maximum Gasteiger partial charge on any atom is 0.119 e. The highest BCUT2D eigenvalue weighted by Gasteiger charge is 2.02. The molecule has 0 N–H and O–H groups in total. The summed E-state index contributed by atoms with van der Waals surface area (Å²) in [5.41, 5.74) is 1.11. The summed E-state index contributed by atoms with van der Waals surface area (Å²) in [6.07, 6.45) is 0. The lowest BCUT2D eigenvalue weighted by Crippen LogP contribution is -1.87. The highest BCUT2D eigenvalue weighted by atomic mass is 35.5. The second kappa shape index (κ2) is 3.89. The monoisotopic (exact) mass is 206 g/mol. The minimum absolute atomic E-state index is 0.512. The van der Waals surface area contributed by atoms with Crippen LogP contribution in [-0.4, -0.2) is 7.11 Å². The first-order valence-corrected chi connectivity index (χ1v) is 5.00. The predicted molar refractivity (Wildman–Crippen MR) is 60.1 cm³/mol. The summed E-state index contributed by atoms with van der Waals surface area (Å²) >= 11 is 5.88. The summed E-state index contributed by atoms with van der Waals surface area (Å²) in [5.74, 6) is 1.37. The number of hydrogen-bond donors (Lipinski definition) is 0. The molecule has 2 aromatic rings. The van der Waals surface area contributed by atoms with Gasteiger partial charge in [0.1, 0.15) is 5.75 Å². The molecule has 0 spiro atoms. The van der Waals surface area contributed by atoms with E-state index in [4.69, 9.17) is 16.3 Å². The van der Waals surface area contributed by atoms with Gasteiger partial charge in [0.05, 0.1) is 7.11 Å². The molecule has 0 fully saturated rings. The summed E-state index contributed by atoms with van der Waals surface area (Å²) in [4.78, 5) is 0. The summed E-state index contributed by atoms with van der Waals surface area (Å²) in [6.45, 7) is 0. The van der Waals surface area contributed by atoms with Gasteiger partial charge in [0.25, 0.3) is 0 Å². The van der Waals surface area contributed by atoms with E-state index in [1.165, 1.54) is 10.8 Å². The fourth-order valence-corrected chi connectivity index (χ4v) is 1.81.